The summed E-state index contributed by atoms with van der Waals surface area (Å²) in [4.78, 5) is 17.2. The van der Waals surface area contributed by atoms with Crippen molar-refractivity contribution in [1.29, 1.82) is 0 Å². The smallest absolute Gasteiger partial charge is 0.330 e. The zero-order valence-electron chi connectivity index (χ0n) is 20.7. The van der Waals surface area contributed by atoms with E-state index in [1.807, 2.05) is 23.1 Å². The molecule has 4 aromatic rings. The Bertz CT molecular complexity index is 1400. The molecule has 1 atom stereocenters. The molecule has 1 aliphatic rings. The maximum atomic E-state index is 13.6. The monoisotopic (exact) mass is 486 g/mol. The topological polar surface area (TPSA) is 63.2 Å². The van der Waals surface area contributed by atoms with Crippen LogP contribution < -0.4 is 0 Å². The van der Waals surface area contributed by atoms with Gasteiger partial charge in [-0.3, -0.25) is 9.58 Å². The molecular weight excluding hydrogens is 455 g/mol. The van der Waals surface area contributed by atoms with E-state index in [0.29, 0.717) is 6.04 Å². The summed E-state index contributed by atoms with van der Waals surface area (Å²) in [6, 6.07) is 11.7. The van der Waals surface area contributed by atoms with E-state index in [9.17, 15) is 9.18 Å². The second kappa shape index (κ2) is 10.5. The van der Waals surface area contributed by atoms with E-state index in [-0.39, 0.29) is 11.8 Å². The predicted molar refractivity (Wildman–Crippen MR) is 139 cm³/mol. The first-order valence-corrected chi connectivity index (χ1v) is 12.4. The minimum atomic E-state index is -0.354. The highest BCUT2D eigenvalue weighted by Crippen LogP contribution is 2.37. The summed E-state index contributed by atoms with van der Waals surface area (Å²) >= 11 is 0. The molecule has 2 heterocycles. The van der Waals surface area contributed by atoms with Gasteiger partial charge in [0.15, 0.2) is 0 Å². The fraction of sp³-hybridized carbons (Fsp3) is 0.310. The summed E-state index contributed by atoms with van der Waals surface area (Å²) < 4.78 is 20.3. The maximum Gasteiger partial charge on any atom is 0.330 e. The van der Waals surface area contributed by atoms with E-state index in [2.05, 4.69) is 46.3 Å². The lowest BCUT2D eigenvalue weighted by atomic mass is 10.0. The highest BCUT2D eigenvalue weighted by atomic mass is 19.1. The van der Waals surface area contributed by atoms with Crippen LogP contribution in [0.25, 0.3) is 17.0 Å². The molecule has 0 spiro atoms. The number of hydrogen-bond donors (Lipinski definition) is 1. The van der Waals surface area contributed by atoms with Crippen molar-refractivity contribution in [3.05, 3.63) is 94.7 Å². The zero-order valence-corrected chi connectivity index (χ0v) is 20.7. The van der Waals surface area contributed by atoms with E-state index in [4.69, 9.17) is 4.74 Å². The highest BCUT2D eigenvalue weighted by Gasteiger charge is 2.28. The number of fused-ring (bicyclic) bond motifs is 2. The second-order valence-electron chi connectivity index (χ2n) is 9.30. The lowest BCUT2D eigenvalue weighted by Gasteiger charge is -2.29. The summed E-state index contributed by atoms with van der Waals surface area (Å²) in [5.74, 6) is -0.582. The van der Waals surface area contributed by atoms with Crippen molar-refractivity contribution in [3.63, 3.8) is 0 Å². The lowest BCUT2D eigenvalue weighted by molar-refractivity contribution is -0.134. The molecule has 0 fully saturated rings. The Balaban J connectivity index is 1.39. The summed E-state index contributed by atoms with van der Waals surface area (Å²) in [6.45, 7) is 4.62. The van der Waals surface area contributed by atoms with Crippen LogP contribution in [-0.4, -0.2) is 39.3 Å². The quantitative estimate of drug-likeness (QED) is 0.253. The molecular formula is C29H31FN4O2. The predicted octanol–water partition coefficient (Wildman–Crippen LogP) is 5.44. The van der Waals surface area contributed by atoms with Gasteiger partial charge in [-0.05, 0) is 72.7 Å². The van der Waals surface area contributed by atoms with Gasteiger partial charge in [0.1, 0.15) is 5.82 Å². The Morgan fingerprint density at radius 1 is 1.31 bits per heavy atom. The van der Waals surface area contributed by atoms with Gasteiger partial charge in [-0.25, -0.2) is 9.18 Å². The van der Waals surface area contributed by atoms with Gasteiger partial charge in [0.05, 0.1) is 13.3 Å². The minimum Gasteiger partial charge on any atom is -0.466 e. The Morgan fingerprint density at radius 2 is 2.19 bits per heavy atom. The number of aryl methyl sites for hydroxylation is 2. The molecule has 6 nitrogen and oxygen atoms in total. The molecule has 0 saturated carbocycles. The molecule has 0 aliphatic heterocycles. The molecule has 36 heavy (non-hydrogen) atoms. The van der Waals surface area contributed by atoms with Gasteiger partial charge in [-0.1, -0.05) is 18.2 Å². The molecule has 5 rings (SSSR count). The van der Waals surface area contributed by atoms with E-state index in [1.165, 1.54) is 41.5 Å². The van der Waals surface area contributed by atoms with Gasteiger partial charge in [0, 0.05) is 60.6 Å². The molecule has 2 aromatic heterocycles. The Morgan fingerprint density at radius 3 is 3.00 bits per heavy atom. The van der Waals surface area contributed by atoms with Gasteiger partial charge in [0.25, 0.3) is 0 Å². The number of aromatic amines is 1. The average molecular weight is 487 g/mol. The number of methoxy groups -OCH3 is 1. The zero-order chi connectivity index (χ0) is 25.1. The summed E-state index contributed by atoms with van der Waals surface area (Å²) in [6.07, 6.45) is 12.2. The number of benzene rings is 2. The first kappa shape index (κ1) is 24.0. The molecule has 1 unspecified atom stereocenters. The third-order valence-electron chi connectivity index (χ3n) is 7.06. The number of carbonyl (C=O) groups excluding carboxylic acids is 1. The number of hydrogen-bond acceptors (Lipinski definition) is 4. The van der Waals surface area contributed by atoms with Crippen LogP contribution in [0.5, 0.6) is 0 Å². The van der Waals surface area contributed by atoms with Crippen LogP contribution in [0.3, 0.4) is 0 Å². The van der Waals surface area contributed by atoms with Crippen molar-refractivity contribution in [2.24, 2.45) is 0 Å². The van der Waals surface area contributed by atoms with Gasteiger partial charge in [-0.2, -0.15) is 5.10 Å². The normalized spacial score (nSPS) is 15.3. The lowest BCUT2D eigenvalue weighted by Crippen LogP contribution is -2.29. The number of aromatic nitrogens is 3. The average Bonchev–Trinajstić information content (AvgIpc) is 3.62. The van der Waals surface area contributed by atoms with Crippen molar-refractivity contribution in [2.45, 2.75) is 45.3 Å². The molecule has 2 aromatic carbocycles. The van der Waals surface area contributed by atoms with Crippen molar-refractivity contribution in [3.8, 4) is 0 Å². The van der Waals surface area contributed by atoms with E-state index < -0.39 is 0 Å². The molecule has 0 saturated heterocycles. The Kier molecular flexibility index (Phi) is 7.00. The summed E-state index contributed by atoms with van der Waals surface area (Å²) in [5.41, 5.74) is 6.89. The molecule has 186 valence electrons. The number of ether oxygens (including phenoxy) is 1. The Labute approximate surface area is 210 Å². The largest absolute Gasteiger partial charge is 0.466 e. The number of H-pyrrole nitrogens is 1. The van der Waals surface area contributed by atoms with E-state index >= 15 is 0 Å². The first-order chi connectivity index (χ1) is 17.5. The number of halogens is 1. The standard InChI is InChI=1S/C29H31FN4O2/c1-3-34-19-21(16-32-34)18-33(13-12-23-17-31-27-15-24(30)7-9-25(23)27)28-10-6-22-14-20(4-8-26(22)28)5-11-29(35)36-2/h4-5,7-9,11,14-17,19,28,31H,3,6,10,12-13,18H2,1-2H3. The van der Waals surface area contributed by atoms with Crippen LogP contribution in [0.4, 0.5) is 4.39 Å². The van der Waals surface area contributed by atoms with Gasteiger partial charge < -0.3 is 9.72 Å². The van der Waals surface area contributed by atoms with Crippen molar-refractivity contribution in [2.75, 3.05) is 13.7 Å². The van der Waals surface area contributed by atoms with E-state index in [0.717, 1.165) is 55.4 Å². The van der Waals surface area contributed by atoms with Crippen molar-refractivity contribution in [1.82, 2.24) is 19.7 Å². The summed E-state index contributed by atoms with van der Waals surface area (Å²) in [7, 11) is 1.38. The van der Waals surface area contributed by atoms with Gasteiger partial charge in [-0.15, -0.1) is 0 Å². The first-order valence-electron chi connectivity index (χ1n) is 12.4. The number of esters is 1. The molecule has 0 amide bonds. The van der Waals surface area contributed by atoms with Crippen LogP contribution in [0.2, 0.25) is 0 Å². The third-order valence-corrected chi connectivity index (χ3v) is 7.06. The van der Waals surface area contributed by atoms with Crippen LogP contribution in [0, 0.1) is 5.82 Å². The highest BCUT2D eigenvalue weighted by molar-refractivity contribution is 5.87. The third kappa shape index (κ3) is 5.11. The maximum absolute atomic E-state index is 13.6. The minimum absolute atomic E-state index is 0.228. The fourth-order valence-electron chi connectivity index (χ4n) is 5.20. The van der Waals surface area contributed by atoms with E-state index in [1.54, 1.807) is 12.1 Å². The number of carbonyl (C=O) groups is 1. The second-order valence-corrected chi connectivity index (χ2v) is 9.30. The van der Waals surface area contributed by atoms with Crippen molar-refractivity contribution >= 4 is 22.9 Å². The molecule has 1 aliphatic carbocycles. The van der Waals surface area contributed by atoms with Crippen LogP contribution in [0.15, 0.2) is 61.1 Å². The van der Waals surface area contributed by atoms with Gasteiger partial charge >= 0.3 is 5.97 Å². The van der Waals surface area contributed by atoms with Crippen LogP contribution in [0.1, 0.15) is 47.2 Å². The Hall–Kier alpha value is -3.71. The summed E-state index contributed by atoms with van der Waals surface area (Å²) in [5, 5.41) is 5.55. The van der Waals surface area contributed by atoms with Crippen LogP contribution >= 0.6 is 0 Å². The van der Waals surface area contributed by atoms with Crippen molar-refractivity contribution < 1.29 is 13.9 Å². The molecule has 0 bridgehead atoms. The fourth-order valence-corrected chi connectivity index (χ4v) is 5.20. The number of nitrogens with one attached hydrogen (secondary N) is 1. The molecule has 1 N–H and O–H groups in total. The van der Waals surface area contributed by atoms with Crippen LogP contribution in [-0.2, 0) is 35.5 Å². The SMILES string of the molecule is CCn1cc(CN(CCc2c[nH]c3cc(F)ccc23)C2CCc3cc(C=CC(=O)OC)ccc32)cn1. The number of rotatable bonds is 9. The molecule has 7 heteroatoms. The van der Waals surface area contributed by atoms with Gasteiger partial charge in [0.2, 0.25) is 0 Å². The molecule has 0 radical (unpaired) electrons. The number of nitrogens with zero attached hydrogens (tertiary/aromatic N) is 3.